The summed E-state index contributed by atoms with van der Waals surface area (Å²) in [5, 5.41) is 0. The molecule has 1 heterocycles. The number of hydrogen-bond acceptors (Lipinski definition) is 6. The van der Waals surface area contributed by atoms with Crippen molar-refractivity contribution in [3.63, 3.8) is 0 Å². The molecule has 0 spiro atoms. The molecule has 0 N–H and O–H groups in total. The number of hydrogen-bond donors (Lipinski definition) is 0. The molecular formula is C30H30O6. The monoisotopic (exact) mass is 486 g/mol. The van der Waals surface area contributed by atoms with E-state index in [4.69, 9.17) is 18.9 Å². The van der Waals surface area contributed by atoms with E-state index < -0.39 is 17.7 Å². The molecule has 36 heavy (non-hydrogen) atoms. The van der Waals surface area contributed by atoms with Crippen LogP contribution in [0.15, 0.2) is 90.9 Å². The third-order valence-electron chi connectivity index (χ3n) is 5.80. The maximum atomic E-state index is 13.1. The van der Waals surface area contributed by atoms with Crippen LogP contribution in [0.25, 0.3) is 0 Å². The Bertz CT molecular complexity index is 1170. The number of carbonyl (C=O) groups is 2. The van der Waals surface area contributed by atoms with Crippen LogP contribution in [0.1, 0.15) is 27.8 Å². The average molecular weight is 487 g/mol. The zero-order valence-corrected chi connectivity index (χ0v) is 20.6. The first-order valence-electron chi connectivity index (χ1n) is 12.0. The molecule has 0 radical (unpaired) electrons. The number of esters is 2. The Morgan fingerprint density at radius 1 is 0.722 bits per heavy atom. The van der Waals surface area contributed by atoms with Crippen molar-refractivity contribution in [3.05, 3.63) is 119 Å². The van der Waals surface area contributed by atoms with Crippen LogP contribution in [0.2, 0.25) is 0 Å². The van der Waals surface area contributed by atoms with Crippen LogP contribution in [0.4, 0.5) is 0 Å². The van der Waals surface area contributed by atoms with Gasteiger partial charge in [0.05, 0.1) is 13.2 Å². The van der Waals surface area contributed by atoms with Crippen LogP contribution in [0, 0.1) is 13.8 Å². The molecule has 0 atom stereocenters. The topological polar surface area (TPSA) is 71.1 Å². The van der Waals surface area contributed by atoms with E-state index in [0.717, 1.165) is 27.8 Å². The zero-order chi connectivity index (χ0) is 25.4. The van der Waals surface area contributed by atoms with Gasteiger partial charge >= 0.3 is 17.7 Å². The molecule has 6 heteroatoms. The minimum absolute atomic E-state index is 0.0708. The first kappa shape index (κ1) is 25.0. The third-order valence-corrected chi connectivity index (χ3v) is 5.80. The van der Waals surface area contributed by atoms with E-state index in [9.17, 15) is 9.59 Å². The van der Waals surface area contributed by atoms with Gasteiger partial charge in [0.25, 0.3) is 0 Å². The fourth-order valence-corrected chi connectivity index (χ4v) is 3.97. The Kier molecular flexibility index (Phi) is 8.06. The molecule has 186 valence electrons. The fraction of sp³-hybridized carbons (Fsp3) is 0.267. The SMILES string of the molecule is Cc1cccc(CCOC(=O)C2(C(=O)OCCc3cccc(C)c3)OC=C(Cc3ccccc3)O2)c1. The largest absolute Gasteiger partial charge is 0.459 e. The first-order chi connectivity index (χ1) is 17.4. The van der Waals surface area contributed by atoms with E-state index >= 15 is 0 Å². The lowest BCUT2D eigenvalue weighted by Gasteiger charge is -2.24. The van der Waals surface area contributed by atoms with Gasteiger partial charge in [-0.3, -0.25) is 0 Å². The van der Waals surface area contributed by atoms with Gasteiger partial charge < -0.3 is 18.9 Å². The molecule has 0 amide bonds. The lowest BCUT2D eigenvalue weighted by Crippen LogP contribution is -2.50. The summed E-state index contributed by atoms with van der Waals surface area (Å²) >= 11 is 0. The van der Waals surface area contributed by atoms with Crippen molar-refractivity contribution < 1.29 is 28.5 Å². The fourth-order valence-electron chi connectivity index (χ4n) is 3.97. The molecular weight excluding hydrogens is 456 g/mol. The van der Waals surface area contributed by atoms with Gasteiger partial charge in [-0.25, -0.2) is 9.59 Å². The normalized spacial score (nSPS) is 13.8. The van der Waals surface area contributed by atoms with Crippen LogP contribution in [0.5, 0.6) is 0 Å². The Labute approximate surface area is 211 Å². The van der Waals surface area contributed by atoms with Gasteiger partial charge in [-0.15, -0.1) is 0 Å². The van der Waals surface area contributed by atoms with Crippen LogP contribution in [-0.4, -0.2) is 30.9 Å². The highest BCUT2D eigenvalue weighted by Crippen LogP contribution is 2.31. The molecule has 0 aromatic heterocycles. The Morgan fingerprint density at radius 2 is 1.25 bits per heavy atom. The molecule has 0 fully saturated rings. The van der Waals surface area contributed by atoms with E-state index in [-0.39, 0.29) is 13.2 Å². The summed E-state index contributed by atoms with van der Waals surface area (Å²) in [6, 6.07) is 25.4. The van der Waals surface area contributed by atoms with Crippen molar-refractivity contribution in [2.45, 2.75) is 38.9 Å². The van der Waals surface area contributed by atoms with Crippen molar-refractivity contribution in [2.24, 2.45) is 0 Å². The van der Waals surface area contributed by atoms with Crippen molar-refractivity contribution in [2.75, 3.05) is 13.2 Å². The lowest BCUT2D eigenvalue weighted by atomic mass is 10.1. The molecule has 0 saturated heterocycles. The molecule has 0 unspecified atom stereocenters. The summed E-state index contributed by atoms with van der Waals surface area (Å²) in [7, 11) is 0. The minimum Gasteiger partial charge on any atom is -0.459 e. The van der Waals surface area contributed by atoms with Crippen molar-refractivity contribution in [3.8, 4) is 0 Å². The molecule has 3 aromatic rings. The van der Waals surface area contributed by atoms with Crippen molar-refractivity contribution in [1.29, 1.82) is 0 Å². The highest BCUT2D eigenvalue weighted by atomic mass is 16.8. The average Bonchev–Trinajstić information content (AvgIpc) is 3.30. The molecule has 3 aromatic carbocycles. The van der Waals surface area contributed by atoms with Gasteiger partial charge in [0.1, 0.15) is 12.0 Å². The number of carbonyl (C=O) groups excluding carboxylic acids is 2. The van der Waals surface area contributed by atoms with Gasteiger partial charge in [-0.1, -0.05) is 90.0 Å². The smallest absolute Gasteiger partial charge is 0.452 e. The van der Waals surface area contributed by atoms with E-state index in [1.165, 1.54) is 6.26 Å². The van der Waals surface area contributed by atoms with Gasteiger partial charge in [0, 0.05) is 19.3 Å². The maximum absolute atomic E-state index is 13.1. The standard InChI is InChI=1S/C30H30O6/c1-22-8-6-12-25(18-22)14-16-33-28(31)30(29(32)34-17-15-26-13-7-9-23(2)19-26)35-21-27(36-30)20-24-10-4-3-5-11-24/h3-13,18-19,21H,14-17,20H2,1-2H3. The van der Waals surface area contributed by atoms with Crippen LogP contribution in [0.3, 0.4) is 0 Å². The van der Waals surface area contributed by atoms with Crippen LogP contribution < -0.4 is 0 Å². The summed E-state index contributed by atoms with van der Waals surface area (Å²) < 4.78 is 22.3. The number of rotatable bonds is 10. The van der Waals surface area contributed by atoms with E-state index in [0.29, 0.717) is 25.0 Å². The predicted octanol–water partition coefficient (Wildman–Crippen LogP) is 5.00. The quantitative estimate of drug-likeness (QED) is 0.297. The van der Waals surface area contributed by atoms with Gasteiger partial charge in [-0.2, -0.15) is 0 Å². The first-order valence-corrected chi connectivity index (χ1v) is 12.0. The molecule has 1 aliphatic rings. The number of benzene rings is 3. The minimum atomic E-state index is -2.32. The summed E-state index contributed by atoms with van der Waals surface area (Å²) in [5.41, 5.74) is 5.22. The molecule has 4 rings (SSSR count). The third kappa shape index (κ3) is 6.33. The van der Waals surface area contributed by atoms with E-state index in [2.05, 4.69) is 0 Å². The molecule has 0 saturated carbocycles. The molecule has 1 aliphatic heterocycles. The second kappa shape index (κ2) is 11.6. The second-order valence-electron chi connectivity index (χ2n) is 8.83. The molecule has 6 nitrogen and oxygen atoms in total. The number of ether oxygens (including phenoxy) is 4. The van der Waals surface area contributed by atoms with Gasteiger partial charge in [-0.05, 0) is 30.5 Å². The lowest BCUT2D eigenvalue weighted by molar-refractivity contribution is -0.219. The number of aryl methyl sites for hydroxylation is 2. The van der Waals surface area contributed by atoms with Crippen LogP contribution in [-0.2, 0) is 47.8 Å². The van der Waals surface area contributed by atoms with Gasteiger partial charge in [0.15, 0.2) is 0 Å². The second-order valence-corrected chi connectivity index (χ2v) is 8.83. The highest BCUT2D eigenvalue weighted by molar-refractivity contribution is 6.02. The Morgan fingerprint density at radius 3 is 1.78 bits per heavy atom. The Balaban J connectivity index is 1.41. The predicted molar refractivity (Wildman–Crippen MR) is 135 cm³/mol. The van der Waals surface area contributed by atoms with Crippen LogP contribution >= 0.6 is 0 Å². The van der Waals surface area contributed by atoms with E-state index in [1.807, 2.05) is 92.7 Å². The molecule has 0 bridgehead atoms. The number of allylic oxidation sites excluding steroid dienone is 1. The zero-order valence-electron chi connectivity index (χ0n) is 20.6. The van der Waals surface area contributed by atoms with Crippen molar-refractivity contribution >= 4 is 11.9 Å². The van der Waals surface area contributed by atoms with Gasteiger partial charge in [0.2, 0.25) is 0 Å². The Hall–Kier alpha value is -4.06. The summed E-state index contributed by atoms with van der Waals surface area (Å²) in [4.78, 5) is 26.3. The summed E-state index contributed by atoms with van der Waals surface area (Å²) in [6.07, 6.45) is 2.64. The maximum Gasteiger partial charge on any atom is 0.452 e. The summed E-state index contributed by atoms with van der Waals surface area (Å²) in [5.74, 6) is -3.85. The molecule has 0 aliphatic carbocycles. The van der Waals surface area contributed by atoms with Crippen molar-refractivity contribution in [1.82, 2.24) is 0 Å². The van der Waals surface area contributed by atoms with E-state index in [1.54, 1.807) is 0 Å². The summed E-state index contributed by atoms with van der Waals surface area (Å²) in [6.45, 7) is 4.14. The highest BCUT2D eigenvalue weighted by Gasteiger charge is 2.58.